The van der Waals surface area contributed by atoms with Crippen LogP contribution in [0.25, 0.3) is 0 Å². The van der Waals surface area contributed by atoms with Crippen LogP contribution in [0, 0.1) is 13.8 Å². The van der Waals surface area contributed by atoms with Crippen LogP contribution in [0.4, 0.5) is 11.4 Å². The fourth-order valence-corrected chi connectivity index (χ4v) is 3.49. The van der Waals surface area contributed by atoms with Gasteiger partial charge in [-0.25, -0.2) is 0 Å². The minimum absolute atomic E-state index is 0.741. The van der Waals surface area contributed by atoms with Crippen LogP contribution in [-0.2, 0) is 17.8 Å². The molecule has 1 heterocycles. The number of anilines is 2. The van der Waals surface area contributed by atoms with Crippen molar-refractivity contribution in [1.29, 1.82) is 0 Å². The van der Waals surface area contributed by atoms with E-state index in [2.05, 4.69) is 34.5 Å². The Hall–Kier alpha value is -2.49. The van der Waals surface area contributed by atoms with Crippen molar-refractivity contribution in [2.45, 2.75) is 33.2 Å². The second-order valence-electron chi connectivity index (χ2n) is 6.38. The minimum atomic E-state index is 0.741. The summed E-state index contributed by atoms with van der Waals surface area (Å²) in [5.74, 6) is 0.929. The van der Waals surface area contributed by atoms with Crippen LogP contribution in [0.2, 0.25) is 0 Å². The maximum absolute atomic E-state index is 10.8. The molecule has 0 spiro atoms. The van der Waals surface area contributed by atoms with Crippen molar-refractivity contribution < 1.29 is 9.53 Å². The van der Waals surface area contributed by atoms with E-state index < -0.39 is 0 Å². The molecular weight excluding hydrogens is 300 g/mol. The molecule has 2 aromatic rings. The molecule has 0 aromatic heterocycles. The first kappa shape index (κ1) is 16.4. The number of rotatable bonds is 4. The van der Waals surface area contributed by atoms with Gasteiger partial charge in [0.15, 0.2) is 0 Å². The second kappa shape index (κ2) is 6.95. The van der Waals surface area contributed by atoms with Crippen LogP contribution in [-0.4, -0.2) is 20.1 Å². The number of hydrogen-bond donors (Lipinski definition) is 1. The first-order chi connectivity index (χ1) is 11.6. The van der Waals surface area contributed by atoms with Gasteiger partial charge in [0.1, 0.15) is 5.75 Å². The van der Waals surface area contributed by atoms with Gasteiger partial charge in [-0.05, 0) is 73.2 Å². The summed E-state index contributed by atoms with van der Waals surface area (Å²) in [6.07, 6.45) is 2.93. The van der Waals surface area contributed by atoms with E-state index in [4.69, 9.17) is 4.74 Å². The molecule has 1 aliphatic heterocycles. The van der Waals surface area contributed by atoms with E-state index in [9.17, 15) is 4.79 Å². The highest BCUT2D eigenvalue weighted by Crippen LogP contribution is 2.31. The van der Waals surface area contributed by atoms with Crippen LogP contribution in [0.5, 0.6) is 5.75 Å². The zero-order chi connectivity index (χ0) is 17.1. The Morgan fingerprint density at radius 3 is 2.54 bits per heavy atom. The number of fused-ring (bicyclic) bond motifs is 1. The van der Waals surface area contributed by atoms with Crippen LogP contribution in [0.3, 0.4) is 0 Å². The molecule has 126 valence electrons. The summed E-state index contributed by atoms with van der Waals surface area (Å²) in [4.78, 5) is 13.2. The fourth-order valence-electron chi connectivity index (χ4n) is 3.49. The Morgan fingerprint density at radius 2 is 1.88 bits per heavy atom. The number of hydrogen-bond acceptors (Lipinski definition) is 3. The number of ether oxygens (including phenoxy) is 1. The third kappa shape index (κ3) is 3.23. The number of carbonyl (C=O) groups is 1. The summed E-state index contributed by atoms with van der Waals surface area (Å²) >= 11 is 0. The van der Waals surface area contributed by atoms with Gasteiger partial charge in [0.2, 0.25) is 6.41 Å². The molecule has 0 aliphatic carbocycles. The molecule has 0 atom stereocenters. The molecule has 0 saturated heterocycles. The van der Waals surface area contributed by atoms with Gasteiger partial charge in [0.25, 0.3) is 0 Å². The molecule has 1 N–H and O–H groups in total. The van der Waals surface area contributed by atoms with E-state index in [1.807, 2.05) is 19.9 Å². The molecule has 0 fully saturated rings. The molecular formula is C20H24N2O2. The lowest BCUT2D eigenvalue weighted by Crippen LogP contribution is -2.22. The topological polar surface area (TPSA) is 41.6 Å². The lowest BCUT2D eigenvalue weighted by atomic mass is 10.0. The molecule has 24 heavy (non-hydrogen) atoms. The predicted molar refractivity (Wildman–Crippen MR) is 98.0 cm³/mol. The van der Waals surface area contributed by atoms with Crippen molar-refractivity contribution >= 4 is 17.8 Å². The van der Waals surface area contributed by atoms with E-state index in [0.717, 1.165) is 54.9 Å². The van der Waals surface area contributed by atoms with Crippen molar-refractivity contribution in [2.75, 3.05) is 23.9 Å². The molecule has 2 aromatic carbocycles. The van der Waals surface area contributed by atoms with Crippen LogP contribution in [0.15, 0.2) is 30.3 Å². The van der Waals surface area contributed by atoms with E-state index >= 15 is 0 Å². The van der Waals surface area contributed by atoms with Gasteiger partial charge >= 0.3 is 0 Å². The van der Waals surface area contributed by atoms with Crippen LogP contribution in [0.1, 0.15) is 28.7 Å². The zero-order valence-corrected chi connectivity index (χ0v) is 14.6. The average molecular weight is 324 g/mol. The molecule has 0 saturated carbocycles. The van der Waals surface area contributed by atoms with Crippen molar-refractivity contribution in [2.24, 2.45) is 0 Å². The molecule has 3 rings (SSSR count). The third-order valence-electron chi connectivity index (χ3n) is 4.73. The molecule has 0 bridgehead atoms. The predicted octanol–water partition coefficient (Wildman–Crippen LogP) is 3.83. The summed E-state index contributed by atoms with van der Waals surface area (Å²) in [5, 5.41) is 2.80. The van der Waals surface area contributed by atoms with Gasteiger partial charge in [0.05, 0.1) is 7.11 Å². The maximum atomic E-state index is 10.8. The number of nitrogens with one attached hydrogen (secondary N) is 1. The third-order valence-corrected chi connectivity index (χ3v) is 4.73. The van der Waals surface area contributed by atoms with Gasteiger partial charge < -0.3 is 15.0 Å². The van der Waals surface area contributed by atoms with E-state index in [1.54, 1.807) is 7.11 Å². The lowest BCUT2D eigenvalue weighted by Gasteiger charge is -2.25. The Kier molecular flexibility index (Phi) is 4.74. The van der Waals surface area contributed by atoms with Crippen LogP contribution >= 0.6 is 0 Å². The highest BCUT2D eigenvalue weighted by Gasteiger charge is 2.17. The molecule has 0 unspecified atom stereocenters. The summed E-state index contributed by atoms with van der Waals surface area (Å²) in [5.41, 5.74) is 7.05. The van der Waals surface area contributed by atoms with Gasteiger partial charge in [-0.3, -0.25) is 4.79 Å². The summed E-state index contributed by atoms with van der Waals surface area (Å²) in [6, 6.07) is 10.7. The minimum Gasteiger partial charge on any atom is -0.497 e. The van der Waals surface area contributed by atoms with E-state index in [0.29, 0.717) is 0 Å². The van der Waals surface area contributed by atoms with E-state index in [1.165, 1.54) is 16.8 Å². The zero-order valence-electron chi connectivity index (χ0n) is 14.6. The number of nitrogens with zero attached hydrogens (tertiary/aromatic N) is 1. The van der Waals surface area contributed by atoms with Gasteiger partial charge in [-0.15, -0.1) is 0 Å². The fraction of sp³-hybridized carbons (Fsp3) is 0.350. The molecule has 1 amide bonds. The highest BCUT2D eigenvalue weighted by molar-refractivity contribution is 5.77. The largest absolute Gasteiger partial charge is 0.497 e. The van der Waals surface area contributed by atoms with Gasteiger partial charge in [-0.1, -0.05) is 6.07 Å². The number of benzene rings is 2. The monoisotopic (exact) mass is 324 g/mol. The van der Waals surface area contributed by atoms with Crippen molar-refractivity contribution in [3.63, 3.8) is 0 Å². The number of amides is 1. The highest BCUT2D eigenvalue weighted by atomic mass is 16.5. The Labute approximate surface area is 143 Å². The van der Waals surface area contributed by atoms with Crippen LogP contribution < -0.4 is 15.0 Å². The van der Waals surface area contributed by atoms with Crippen molar-refractivity contribution in [1.82, 2.24) is 0 Å². The van der Waals surface area contributed by atoms with E-state index in [-0.39, 0.29) is 0 Å². The Balaban J connectivity index is 1.91. The summed E-state index contributed by atoms with van der Waals surface area (Å²) in [7, 11) is 1.71. The quantitative estimate of drug-likeness (QED) is 0.869. The van der Waals surface area contributed by atoms with Crippen molar-refractivity contribution in [3.8, 4) is 5.75 Å². The summed E-state index contributed by atoms with van der Waals surface area (Å²) < 4.78 is 5.35. The SMILES string of the molecule is COc1ccc2c(c1)CCCN(c1cc(C)c(NC=O)c(C)c1)C2. The van der Waals surface area contributed by atoms with Gasteiger partial charge in [0, 0.05) is 24.5 Å². The lowest BCUT2D eigenvalue weighted by molar-refractivity contribution is -0.105. The molecule has 1 aliphatic rings. The summed E-state index contributed by atoms with van der Waals surface area (Å²) in [6.45, 7) is 6.01. The number of aryl methyl sites for hydroxylation is 3. The maximum Gasteiger partial charge on any atom is 0.211 e. The van der Waals surface area contributed by atoms with Crippen molar-refractivity contribution in [3.05, 3.63) is 52.6 Å². The van der Waals surface area contributed by atoms with Gasteiger partial charge in [-0.2, -0.15) is 0 Å². The normalized spacial score (nSPS) is 13.9. The first-order valence-electron chi connectivity index (χ1n) is 8.34. The molecule has 0 radical (unpaired) electrons. The second-order valence-corrected chi connectivity index (χ2v) is 6.38. The number of methoxy groups -OCH3 is 1. The standard InChI is InChI=1S/C20H24N2O2/c1-14-9-18(10-15(2)20(14)21-13-23)22-8-4-5-16-11-19(24-3)7-6-17(16)12-22/h6-7,9-11,13H,4-5,8,12H2,1-3H3,(H,21,23). The average Bonchev–Trinajstić information content (AvgIpc) is 2.79. The smallest absolute Gasteiger partial charge is 0.211 e. The Bertz CT molecular complexity index is 732. The molecule has 4 nitrogen and oxygen atoms in total. The first-order valence-corrected chi connectivity index (χ1v) is 8.34. The number of carbonyl (C=O) groups excluding carboxylic acids is 1. The molecule has 4 heteroatoms. The Morgan fingerprint density at radius 1 is 1.12 bits per heavy atom.